The van der Waals surface area contributed by atoms with E-state index in [-0.39, 0.29) is 5.41 Å². The van der Waals surface area contributed by atoms with Crippen LogP contribution in [-0.4, -0.2) is 38.5 Å². The summed E-state index contributed by atoms with van der Waals surface area (Å²) in [5.41, 5.74) is 0.188. The summed E-state index contributed by atoms with van der Waals surface area (Å²) in [5.74, 6) is 0. The van der Waals surface area contributed by atoms with Crippen molar-refractivity contribution in [2.45, 2.75) is 32.1 Å². The predicted molar refractivity (Wildman–Crippen MR) is 57.3 cm³/mol. The first-order valence-corrected chi connectivity index (χ1v) is 5.63. The second kappa shape index (κ2) is 6.38. The van der Waals surface area contributed by atoms with E-state index in [0.717, 1.165) is 26.1 Å². The van der Waals surface area contributed by atoms with Crippen LogP contribution in [0.1, 0.15) is 32.1 Å². The van der Waals surface area contributed by atoms with Gasteiger partial charge in [-0.3, -0.25) is 0 Å². The summed E-state index contributed by atoms with van der Waals surface area (Å²) < 4.78 is 4.98. The van der Waals surface area contributed by atoms with E-state index in [4.69, 9.17) is 4.74 Å². The maximum Gasteiger partial charge on any atom is 0.0499 e. The smallest absolute Gasteiger partial charge is 0.0499 e. The molecule has 0 radical (unpaired) electrons. The van der Waals surface area contributed by atoms with Crippen LogP contribution in [0.25, 0.3) is 0 Å². The lowest BCUT2D eigenvalue weighted by Gasteiger charge is -2.26. The quantitative estimate of drug-likeness (QED) is 0.607. The van der Waals surface area contributed by atoms with E-state index in [1.165, 1.54) is 25.7 Å². The van der Waals surface area contributed by atoms with Gasteiger partial charge in [-0.15, -0.1) is 0 Å². The fourth-order valence-electron chi connectivity index (χ4n) is 2.21. The molecule has 0 spiro atoms. The fraction of sp³-hybridized carbons (Fsp3) is 1.00. The number of hydrogen-bond acceptors (Lipinski definition) is 3. The van der Waals surface area contributed by atoms with Crippen molar-refractivity contribution in [3.63, 3.8) is 0 Å². The molecular weight excluding hydrogens is 178 g/mol. The van der Waals surface area contributed by atoms with E-state index in [1.54, 1.807) is 7.11 Å². The van der Waals surface area contributed by atoms with Gasteiger partial charge >= 0.3 is 0 Å². The number of hydrogen-bond donors (Lipinski definition) is 2. The maximum absolute atomic E-state index is 9.35. The molecule has 3 heteroatoms. The van der Waals surface area contributed by atoms with Crippen molar-refractivity contribution in [2.24, 2.45) is 5.41 Å². The number of nitrogens with one attached hydrogen (secondary N) is 1. The van der Waals surface area contributed by atoms with Crippen LogP contribution in [0.5, 0.6) is 0 Å². The van der Waals surface area contributed by atoms with E-state index in [1.807, 2.05) is 0 Å². The van der Waals surface area contributed by atoms with Crippen LogP contribution in [0.15, 0.2) is 0 Å². The molecule has 14 heavy (non-hydrogen) atoms. The van der Waals surface area contributed by atoms with Crippen molar-refractivity contribution in [1.29, 1.82) is 0 Å². The van der Waals surface area contributed by atoms with Crippen LogP contribution in [0.3, 0.4) is 0 Å². The molecule has 2 N–H and O–H groups in total. The molecule has 0 unspecified atom stereocenters. The summed E-state index contributed by atoms with van der Waals surface area (Å²) in [6.45, 7) is 3.12. The van der Waals surface area contributed by atoms with Gasteiger partial charge in [0.2, 0.25) is 0 Å². The highest BCUT2D eigenvalue weighted by Crippen LogP contribution is 2.36. The number of aliphatic hydroxyl groups excluding tert-OH is 1. The Kier molecular flexibility index (Phi) is 5.45. The van der Waals surface area contributed by atoms with Crippen molar-refractivity contribution < 1.29 is 9.84 Å². The Balaban J connectivity index is 2.08. The van der Waals surface area contributed by atoms with Crippen molar-refractivity contribution in [3.05, 3.63) is 0 Å². The zero-order valence-corrected chi connectivity index (χ0v) is 9.22. The molecule has 3 nitrogen and oxygen atoms in total. The van der Waals surface area contributed by atoms with E-state index < -0.39 is 0 Å². The molecule has 0 heterocycles. The number of aliphatic hydroxyl groups is 1. The highest BCUT2D eigenvalue weighted by atomic mass is 16.5. The first-order valence-electron chi connectivity index (χ1n) is 5.63. The van der Waals surface area contributed by atoms with Crippen LogP contribution in [0.4, 0.5) is 0 Å². The lowest BCUT2D eigenvalue weighted by Crippen LogP contribution is -2.35. The van der Waals surface area contributed by atoms with Crippen LogP contribution < -0.4 is 5.32 Å². The van der Waals surface area contributed by atoms with Crippen LogP contribution in [-0.2, 0) is 4.74 Å². The van der Waals surface area contributed by atoms with Gasteiger partial charge in [0.05, 0.1) is 0 Å². The van der Waals surface area contributed by atoms with Gasteiger partial charge < -0.3 is 15.2 Å². The molecule has 0 aromatic heterocycles. The van der Waals surface area contributed by atoms with Gasteiger partial charge in [0.25, 0.3) is 0 Å². The normalized spacial score (nSPS) is 20.1. The van der Waals surface area contributed by atoms with E-state index in [2.05, 4.69) is 5.32 Å². The van der Waals surface area contributed by atoms with Crippen molar-refractivity contribution >= 4 is 0 Å². The zero-order valence-electron chi connectivity index (χ0n) is 9.22. The minimum Gasteiger partial charge on any atom is -0.396 e. The largest absolute Gasteiger partial charge is 0.396 e. The number of methoxy groups -OCH3 is 1. The molecule has 1 aliphatic carbocycles. The molecular formula is C11H23NO2. The van der Waals surface area contributed by atoms with Gasteiger partial charge in [0.15, 0.2) is 0 Å². The van der Waals surface area contributed by atoms with E-state index >= 15 is 0 Å². The molecule has 1 saturated carbocycles. The lowest BCUT2D eigenvalue weighted by atomic mass is 9.87. The molecule has 0 atom stereocenters. The first-order chi connectivity index (χ1) is 6.83. The van der Waals surface area contributed by atoms with Gasteiger partial charge in [-0.1, -0.05) is 12.8 Å². The Morgan fingerprint density at radius 2 is 2.07 bits per heavy atom. The van der Waals surface area contributed by atoms with Crippen LogP contribution in [0, 0.1) is 5.41 Å². The molecule has 0 aromatic carbocycles. The minimum absolute atomic E-state index is 0.188. The lowest BCUT2D eigenvalue weighted by molar-refractivity contribution is 0.126. The third kappa shape index (κ3) is 3.56. The Labute approximate surface area is 86.8 Å². The Morgan fingerprint density at radius 3 is 2.64 bits per heavy atom. The van der Waals surface area contributed by atoms with Crippen molar-refractivity contribution in [3.8, 4) is 0 Å². The zero-order chi connectivity index (χ0) is 10.3. The number of rotatable bonds is 7. The maximum atomic E-state index is 9.35. The molecule has 1 fully saturated rings. The number of ether oxygens (including phenoxy) is 1. The standard InChI is InChI=1S/C11H23NO2/c1-14-8-4-7-12-9-11(10-13)5-2-3-6-11/h12-13H,2-10H2,1H3. The first kappa shape index (κ1) is 12.0. The van der Waals surface area contributed by atoms with E-state index in [0.29, 0.717) is 6.61 Å². The molecule has 0 aromatic rings. The molecule has 0 amide bonds. The van der Waals surface area contributed by atoms with Crippen molar-refractivity contribution in [1.82, 2.24) is 5.32 Å². The second-order valence-corrected chi connectivity index (χ2v) is 4.39. The Bertz CT molecular complexity index is 144. The topological polar surface area (TPSA) is 41.5 Å². The van der Waals surface area contributed by atoms with Crippen LogP contribution >= 0.6 is 0 Å². The van der Waals surface area contributed by atoms with Gasteiger partial charge in [0, 0.05) is 32.3 Å². The molecule has 0 saturated heterocycles. The Hall–Kier alpha value is -0.120. The average molecular weight is 201 g/mol. The van der Waals surface area contributed by atoms with Gasteiger partial charge in [-0.25, -0.2) is 0 Å². The van der Waals surface area contributed by atoms with E-state index in [9.17, 15) is 5.11 Å². The fourth-order valence-corrected chi connectivity index (χ4v) is 2.21. The summed E-state index contributed by atoms with van der Waals surface area (Å²) in [6.07, 6.45) is 5.97. The molecule has 84 valence electrons. The van der Waals surface area contributed by atoms with Crippen molar-refractivity contribution in [2.75, 3.05) is 33.4 Å². The molecule has 0 bridgehead atoms. The third-order valence-corrected chi connectivity index (χ3v) is 3.20. The molecule has 1 rings (SSSR count). The highest BCUT2D eigenvalue weighted by molar-refractivity contribution is 4.85. The SMILES string of the molecule is COCCCNCC1(CO)CCCC1. The monoisotopic (exact) mass is 201 g/mol. The third-order valence-electron chi connectivity index (χ3n) is 3.20. The van der Waals surface area contributed by atoms with Gasteiger partial charge in [-0.05, 0) is 25.8 Å². The van der Waals surface area contributed by atoms with Gasteiger partial charge in [-0.2, -0.15) is 0 Å². The Morgan fingerprint density at radius 1 is 1.36 bits per heavy atom. The summed E-state index contributed by atoms with van der Waals surface area (Å²) >= 11 is 0. The second-order valence-electron chi connectivity index (χ2n) is 4.39. The van der Waals surface area contributed by atoms with Gasteiger partial charge in [0.1, 0.15) is 0 Å². The minimum atomic E-state index is 0.188. The molecule has 0 aliphatic heterocycles. The summed E-state index contributed by atoms with van der Waals surface area (Å²) in [5, 5.41) is 12.8. The predicted octanol–water partition coefficient (Wildman–Crippen LogP) is 1.17. The van der Waals surface area contributed by atoms with Crippen LogP contribution in [0.2, 0.25) is 0 Å². The summed E-state index contributed by atoms with van der Waals surface area (Å²) in [7, 11) is 1.73. The summed E-state index contributed by atoms with van der Waals surface area (Å²) in [6, 6.07) is 0. The molecule has 1 aliphatic rings. The summed E-state index contributed by atoms with van der Waals surface area (Å²) in [4.78, 5) is 0. The average Bonchev–Trinajstić information content (AvgIpc) is 2.67. The highest BCUT2D eigenvalue weighted by Gasteiger charge is 2.32.